The number of ether oxygens (including phenoxy) is 1. The topological polar surface area (TPSA) is 35.3 Å². The van der Waals surface area contributed by atoms with E-state index in [4.69, 9.17) is 9.15 Å². The minimum Gasteiger partial charge on any atom is -0.464 e. The summed E-state index contributed by atoms with van der Waals surface area (Å²) < 4.78 is 10.7. The predicted molar refractivity (Wildman–Crippen MR) is 62.6 cm³/mol. The molecule has 0 amide bonds. The third-order valence-corrected chi connectivity index (χ3v) is 2.38. The normalized spacial score (nSPS) is 10.4. The molecule has 0 bridgehead atoms. The number of hydrogen-bond donors (Lipinski definition) is 0. The van der Waals surface area contributed by atoms with Crippen molar-refractivity contribution in [2.75, 3.05) is 6.61 Å². The predicted octanol–water partition coefficient (Wildman–Crippen LogP) is 3.36. The van der Waals surface area contributed by atoms with Gasteiger partial charge in [0.25, 0.3) is 0 Å². The van der Waals surface area contributed by atoms with E-state index in [1.165, 1.54) is 5.56 Å². The molecule has 0 unspecified atom stereocenters. The van der Waals surface area contributed by atoms with E-state index < -0.39 is 0 Å². The Hall–Kier alpha value is -1.77. The highest BCUT2D eigenvalue weighted by atomic mass is 16.6. The molecule has 0 aliphatic rings. The molecule has 1 aromatic heterocycles. The first-order valence-electron chi connectivity index (χ1n) is 5.37. The van der Waals surface area contributed by atoms with Gasteiger partial charge in [0.05, 0.1) is 6.61 Å². The minimum absolute atomic E-state index is 0.470. The lowest BCUT2D eigenvalue weighted by Crippen LogP contribution is -1.88. The first-order valence-corrected chi connectivity index (χ1v) is 5.37. The summed E-state index contributed by atoms with van der Waals surface area (Å²) in [6.45, 7) is 6.62. The van der Waals surface area contributed by atoms with Crippen LogP contribution in [0.4, 0.5) is 0 Å². The van der Waals surface area contributed by atoms with E-state index in [2.05, 4.69) is 18.0 Å². The van der Waals surface area contributed by atoms with Crippen LogP contribution < -0.4 is 4.74 Å². The summed E-state index contributed by atoms with van der Waals surface area (Å²) in [7, 11) is 0. The Bertz CT molecular complexity index is 488. The van der Waals surface area contributed by atoms with Gasteiger partial charge >= 0.3 is 5.95 Å². The van der Waals surface area contributed by atoms with Gasteiger partial charge in [-0.1, -0.05) is 17.7 Å². The molecule has 3 nitrogen and oxygen atoms in total. The second-order valence-electron chi connectivity index (χ2n) is 3.74. The van der Waals surface area contributed by atoms with Crippen molar-refractivity contribution in [3.8, 4) is 17.4 Å². The number of nitrogens with zero attached hydrogens (tertiary/aromatic N) is 1. The summed E-state index contributed by atoms with van der Waals surface area (Å²) in [6.07, 6.45) is 1.61. The molecule has 16 heavy (non-hydrogen) atoms. The van der Waals surface area contributed by atoms with Crippen molar-refractivity contribution in [3.05, 3.63) is 35.5 Å². The van der Waals surface area contributed by atoms with Crippen molar-refractivity contribution in [1.29, 1.82) is 0 Å². The van der Waals surface area contributed by atoms with Gasteiger partial charge in [0.1, 0.15) is 6.20 Å². The van der Waals surface area contributed by atoms with Crippen molar-refractivity contribution in [3.63, 3.8) is 0 Å². The van der Waals surface area contributed by atoms with Crippen LogP contribution in [0.1, 0.15) is 18.1 Å². The van der Waals surface area contributed by atoms with Gasteiger partial charge in [0, 0.05) is 5.56 Å². The van der Waals surface area contributed by atoms with Crippen LogP contribution >= 0.6 is 0 Å². The molecule has 0 N–H and O–H groups in total. The number of rotatable bonds is 3. The summed E-state index contributed by atoms with van der Waals surface area (Å²) in [5, 5.41) is 0. The van der Waals surface area contributed by atoms with E-state index in [0.717, 1.165) is 11.1 Å². The van der Waals surface area contributed by atoms with Gasteiger partial charge in [-0.2, -0.15) is 0 Å². The molecule has 2 aromatic rings. The molecule has 0 aliphatic carbocycles. The molecule has 2 rings (SSSR count). The molecule has 0 saturated heterocycles. The quantitative estimate of drug-likeness (QED) is 0.790. The van der Waals surface area contributed by atoms with Crippen molar-refractivity contribution < 1.29 is 9.15 Å². The third-order valence-electron chi connectivity index (χ3n) is 2.38. The van der Waals surface area contributed by atoms with Gasteiger partial charge in [-0.25, -0.2) is 4.98 Å². The van der Waals surface area contributed by atoms with Crippen LogP contribution in [-0.2, 0) is 0 Å². The number of oxazole rings is 1. The molecular weight excluding hydrogens is 202 g/mol. The van der Waals surface area contributed by atoms with Crippen molar-refractivity contribution in [2.45, 2.75) is 20.8 Å². The second-order valence-corrected chi connectivity index (χ2v) is 3.74. The van der Waals surface area contributed by atoms with E-state index in [9.17, 15) is 0 Å². The van der Waals surface area contributed by atoms with Gasteiger partial charge < -0.3 is 9.15 Å². The number of benzene rings is 1. The van der Waals surface area contributed by atoms with Crippen LogP contribution in [0.2, 0.25) is 0 Å². The average Bonchev–Trinajstić information content (AvgIpc) is 2.67. The molecule has 84 valence electrons. The first kappa shape index (κ1) is 10.7. The van der Waals surface area contributed by atoms with Crippen LogP contribution in [0.15, 0.2) is 28.8 Å². The SMILES string of the molecule is CCOc1cnc(-c2ccc(C)cc2C)o1. The van der Waals surface area contributed by atoms with E-state index in [0.29, 0.717) is 18.4 Å². The fourth-order valence-corrected chi connectivity index (χ4v) is 1.65. The van der Waals surface area contributed by atoms with Crippen LogP contribution in [-0.4, -0.2) is 11.6 Å². The lowest BCUT2D eigenvalue weighted by atomic mass is 10.1. The minimum atomic E-state index is 0.470. The smallest absolute Gasteiger partial charge is 0.305 e. The number of hydrogen-bond acceptors (Lipinski definition) is 3. The van der Waals surface area contributed by atoms with Crippen molar-refractivity contribution >= 4 is 0 Å². The van der Waals surface area contributed by atoms with Gasteiger partial charge in [-0.05, 0) is 32.4 Å². The molecule has 1 heterocycles. The Morgan fingerprint density at radius 2 is 2.12 bits per heavy atom. The van der Waals surface area contributed by atoms with Crippen LogP contribution in [0.25, 0.3) is 11.5 Å². The molecule has 0 fully saturated rings. The third kappa shape index (κ3) is 2.08. The summed E-state index contributed by atoms with van der Waals surface area (Å²) in [5.74, 6) is 1.08. The second kappa shape index (κ2) is 4.39. The largest absolute Gasteiger partial charge is 0.464 e. The zero-order valence-corrected chi connectivity index (χ0v) is 9.78. The summed E-state index contributed by atoms with van der Waals surface area (Å²) >= 11 is 0. The summed E-state index contributed by atoms with van der Waals surface area (Å²) in [6, 6.07) is 6.18. The first-order chi connectivity index (χ1) is 7.70. The summed E-state index contributed by atoms with van der Waals surface area (Å²) in [4.78, 5) is 4.20. The van der Waals surface area contributed by atoms with Crippen LogP contribution in [0.3, 0.4) is 0 Å². The fourth-order valence-electron chi connectivity index (χ4n) is 1.65. The van der Waals surface area contributed by atoms with E-state index in [1.54, 1.807) is 6.20 Å². The lowest BCUT2D eigenvalue weighted by molar-refractivity contribution is 0.260. The highest BCUT2D eigenvalue weighted by molar-refractivity contribution is 5.59. The Labute approximate surface area is 95.1 Å². The van der Waals surface area contributed by atoms with E-state index in [1.807, 2.05) is 26.0 Å². The average molecular weight is 217 g/mol. The standard InChI is InChI=1S/C13H15NO2/c1-4-15-12-8-14-13(16-12)11-6-5-9(2)7-10(11)3/h5-8H,4H2,1-3H3. The molecule has 3 heteroatoms. The monoisotopic (exact) mass is 217 g/mol. The van der Waals surface area contributed by atoms with Gasteiger partial charge in [0.2, 0.25) is 5.89 Å². The molecule has 0 radical (unpaired) electrons. The highest BCUT2D eigenvalue weighted by Gasteiger charge is 2.09. The van der Waals surface area contributed by atoms with E-state index >= 15 is 0 Å². The molecule has 1 aromatic carbocycles. The molecule has 0 aliphatic heterocycles. The number of aromatic nitrogens is 1. The maximum absolute atomic E-state index is 5.50. The Balaban J connectivity index is 2.35. The molecule has 0 spiro atoms. The molecular formula is C13H15NO2. The Morgan fingerprint density at radius 3 is 2.81 bits per heavy atom. The van der Waals surface area contributed by atoms with Crippen LogP contribution in [0.5, 0.6) is 5.95 Å². The lowest BCUT2D eigenvalue weighted by Gasteiger charge is -2.02. The van der Waals surface area contributed by atoms with Gasteiger partial charge in [0.15, 0.2) is 0 Å². The van der Waals surface area contributed by atoms with Crippen molar-refractivity contribution in [1.82, 2.24) is 4.98 Å². The highest BCUT2D eigenvalue weighted by Crippen LogP contribution is 2.26. The van der Waals surface area contributed by atoms with E-state index in [-0.39, 0.29) is 0 Å². The molecule has 0 atom stereocenters. The van der Waals surface area contributed by atoms with Crippen molar-refractivity contribution in [2.24, 2.45) is 0 Å². The zero-order chi connectivity index (χ0) is 11.5. The fraction of sp³-hybridized carbons (Fsp3) is 0.308. The summed E-state index contributed by atoms with van der Waals surface area (Å²) in [5.41, 5.74) is 3.40. The Morgan fingerprint density at radius 1 is 1.31 bits per heavy atom. The Kier molecular flexibility index (Phi) is 2.95. The van der Waals surface area contributed by atoms with Gasteiger partial charge in [-0.3, -0.25) is 0 Å². The molecule has 0 saturated carbocycles. The van der Waals surface area contributed by atoms with Gasteiger partial charge in [-0.15, -0.1) is 0 Å². The zero-order valence-electron chi connectivity index (χ0n) is 9.78. The van der Waals surface area contributed by atoms with Crippen LogP contribution in [0, 0.1) is 13.8 Å². The maximum atomic E-state index is 5.50. The maximum Gasteiger partial charge on any atom is 0.305 e. The number of aryl methyl sites for hydroxylation is 2.